The molecule has 2 nitrogen and oxygen atoms in total. The van der Waals surface area contributed by atoms with Crippen LogP contribution in [0.15, 0.2) is 24.3 Å². The summed E-state index contributed by atoms with van der Waals surface area (Å²) in [4.78, 5) is 0. The first kappa shape index (κ1) is 9.52. The van der Waals surface area contributed by atoms with Crippen LogP contribution in [0.25, 0.3) is 0 Å². The van der Waals surface area contributed by atoms with Gasteiger partial charge in [0.2, 0.25) is 0 Å². The molecule has 0 aliphatic carbocycles. The molecular formula is C9H13ClN2. The zero-order chi connectivity index (χ0) is 8.97. The minimum atomic E-state index is 0.397. The molecule has 0 saturated heterocycles. The highest BCUT2D eigenvalue weighted by Crippen LogP contribution is 2.18. The third-order valence-electron chi connectivity index (χ3n) is 1.84. The maximum absolute atomic E-state index is 5.84. The lowest BCUT2D eigenvalue weighted by Gasteiger charge is -2.10. The van der Waals surface area contributed by atoms with E-state index in [-0.39, 0.29) is 0 Å². The van der Waals surface area contributed by atoms with Gasteiger partial charge in [0.1, 0.15) is 0 Å². The van der Waals surface area contributed by atoms with Crippen LogP contribution in [-0.4, -0.2) is 6.54 Å². The minimum absolute atomic E-state index is 0.397. The molecule has 1 unspecified atom stereocenters. The molecule has 0 saturated carbocycles. The molecule has 0 aliphatic heterocycles. The monoisotopic (exact) mass is 184 g/mol. The lowest BCUT2D eigenvalue weighted by molar-refractivity contribution is 0.640. The van der Waals surface area contributed by atoms with E-state index in [0.29, 0.717) is 5.92 Å². The molecule has 12 heavy (non-hydrogen) atoms. The van der Waals surface area contributed by atoms with Gasteiger partial charge in [-0.25, -0.2) is 0 Å². The SMILES string of the molecule is CC(CNN)c1cccc(Cl)c1. The largest absolute Gasteiger partial charge is 0.271 e. The van der Waals surface area contributed by atoms with Crippen molar-refractivity contribution in [3.8, 4) is 0 Å². The van der Waals surface area contributed by atoms with Gasteiger partial charge in [0.15, 0.2) is 0 Å². The fourth-order valence-electron chi connectivity index (χ4n) is 1.11. The van der Waals surface area contributed by atoms with Crippen LogP contribution >= 0.6 is 11.6 Å². The Morgan fingerprint density at radius 3 is 2.92 bits per heavy atom. The van der Waals surface area contributed by atoms with Gasteiger partial charge in [0, 0.05) is 11.6 Å². The third-order valence-corrected chi connectivity index (χ3v) is 2.08. The fraction of sp³-hybridized carbons (Fsp3) is 0.333. The van der Waals surface area contributed by atoms with E-state index in [1.807, 2.05) is 24.3 Å². The maximum atomic E-state index is 5.84. The highest BCUT2D eigenvalue weighted by atomic mass is 35.5. The molecule has 1 aromatic rings. The fourth-order valence-corrected chi connectivity index (χ4v) is 1.31. The molecule has 0 aliphatic rings. The van der Waals surface area contributed by atoms with E-state index < -0.39 is 0 Å². The minimum Gasteiger partial charge on any atom is -0.271 e. The van der Waals surface area contributed by atoms with Crippen molar-refractivity contribution in [1.29, 1.82) is 0 Å². The van der Waals surface area contributed by atoms with Crippen molar-refractivity contribution in [3.63, 3.8) is 0 Å². The number of rotatable bonds is 3. The van der Waals surface area contributed by atoms with Crippen LogP contribution in [0.4, 0.5) is 0 Å². The zero-order valence-electron chi connectivity index (χ0n) is 7.05. The second-order valence-electron chi connectivity index (χ2n) is 2.86. The lowest BCUT2D eigenvalue weighted by Crippen LogP contribution is -2.26. The van der Waals surface area contributed by atoms with Crippen LogP contribution in [-0.2, 0) is 0 Å². The number of hydrogen-bond donors (Lipinski definition) is 2. The first-order valence-electron chi connectivity index (χ1n) is 3.93. The average Bonchev–Trinajstić information content (AvgIpc) is 2.05. The number of halogens is 1. The molecular weight excluding hydrogens is 172 g/mol. The van der Waals surface area contributed by atoms with E-state index in [4.69, 9.17) is 17.4 Å². The molecule has 0 spiro atoms. The highest BCUT2D eigenvalue weighted by molar-refractivity contribution is 6.30. The quantitative estimate of drug-likeness (QED) is 0.557. The van der Waals surface area contributed by atoms with Crippen molar-refractivity contribution in [2.75, 3.05) is 6.54 Å². The molecule has 3 heteroatoms. The molecule has 66 valence electrons. The van der Waals surface area contributed by atoms with Crippen molar-refractivity contribution in [2.24, 2.45) is 5.84 Å². The number of nitrogens with two attached hydrogens (primary N) is 1. The van der Waals surface area contributed by atoms with E-state index >= 15 is 0 Å². The lowest BCUT2D eigenvalue weighted by atomic mass is 10.0. The average molecular weight is 185 g/mol. The standard InChI is InChI=1S/C9H13ClN2/c1-7(6-12-11)8-3-2-4-9(10)5-8/h2-5,7,12H,6,11H2,1H3. The molecule has 1 atom stereocenters. The van der Waals surface area contributed by atoms with Crippen LogP contribution in [0.3, 0.4) is 0 Å². The van der Waals surface area contributed by atoms with Gasteiger partial charge in [0.05, 0.1) is 0 Å². The molecule has 1 aromatic carbocycles. The molecule has 0 bridgehead atoms. The van der Waals surface area contributed by atoms with Crippen molar-refractivity contribution in [1.82, 2.24) is 5.43 Å². The van der Waals surface area contributed by atoms with E-state index in [2.05, 4.69) is 12.3 Å². The summed E-state index contributed by atoms with van der Waals surface area (Å²) in [6.45, 7) is 2.87. The Bertz CT molecular complexity index is 250. The molecule has 0 aromatic heterocycles. The maximum Gasteiger partial charge on any atom is 0.0408 e. The summed E-state index contributed by atoms with van der Waals surface area (Å²) < 4.78 is 0. The number of benzene rings is 1. The van der Waals surface area contributed by atoms with Gasteiger partial charge in [0.25, 0.3) is 0 Å². The Morgan fingerprint density at radius 1 is 1.58 bits per heavy atom. The predicted molar refractivity (Wildman–Crippen MR) is 52.1 cm³/mol. The topological polar surface area (TPSA) is 38.0 Å². The first-order valence-corrected chi connectivity index (χ1v) is 4.30. The second kappa shape index (κ2) is 4.45. The normalized spacial score (nSPS) is 12.9. The highest BCUT2D eigenvalue weighted by Gasteiger charge is 2.03. The first-order chi connectivity index (χ1) is 5.74. The molecule has 0 amide bonds. The Balaban J connectivity index is 2.73. The predicted octanol–water partition coefficient (Wildman–Crippen LogP) is 1.91. The smallest absolute Gasteiger partial charge is 0.0408 e. The molecule has 0 fully saturated rings. The van der Waals surface area contributed by atoms with Gasteiger partial charge >= 0.3 is 0 Å². The summed E-state index contributed by atoms with van der Waals surface area (Å²) in [6, 6.07) is 7.83. The van der Waals surface area contributed by atoms with Crippen LogP contribution in [0.2, 0.25) is 5.02 Å². The van der Waals surface area contributed by atoms with Crippen molar-refractivity contribution in [2.45, 2.75) is 12.8 Å². The Morgan fingerprint density at radius 2 is 2.33 bits per heavy atom. The third kappa shape index (κ3) is 2.48. The summed E-state index contributed by atoms with van der Waals surface area (Å²) in [5.74, 6) is 5.62. The number of nitrogens with one attached hydrogen (secondary N) is 1. The van der Waals surface area contributed by atoms with Gasteiger partial charge in [-0.2, -0.15) is 0 Å². The summed E-state index contributed by atoms with van der Waals surface area (Å²) in [5.41, 5.74) is 3.85. The van der Waals surface area contributed by atoms with Crippen molar-refractivity contribution in [3.05, 3.63) is 34.9 Å². The Labute approximate surface area is 77.7 Å². The van der Waals surface area contributed by atoms with Gasteiger partial charge in [-0.3, -0.25) is 11.3 Å². The summed E-state index contributed by atoms with van der Waals surface area (Å²) in [7, 11) is 0. The van der Waals surface area contributed by atoms with E-state index in [1.54, 1.807) is 0 Å². The van der Waals surface area contributed by atoms with E-state index in [1.165, 1.54) is 5.56 Å². The summed E-state index contributed by atoms with van der Waals surface area (Å²) in [6.07, 6.45) is 0. The Hall–Kier alpha value is -0.570. The van der Waals surface area contributed by atoms with Crippen LogP contribution < -0.4 is 11.3 Å². The molecule has 1 rings (SSSR count). The Kier molecular flexibility index (Phi) is 3.53. The van der Waals surface area contributed by atoms with Gasteiger partial charge < -0.3 is 0 Å². The van der Waals surface area contributed by atoms with Crippen molar-refractivity contribution >= 4 is 11.6 Å². The molecule has 3 N–H and O–H groups in total. The van der Waals surface area contributed by atoms with Crippen molar-refractivity contribution < 1.29 is 0 Å². The number of hydrogen-bond acceptors (Lipinski definition) is 2. The summed E-state index contributed by atoms with van der Waals surface area (Å²) in [5, 5.41) is 0.774. The second-order valence-corrected chi connectivity index (χ2v) is 3.30. The molecule has 0 radical (unpaired) electrons. The molecule has 0 heterocycles. The number of hydrazine groups is 1. The summed E-state index contributed by atoms with van der Waals surface area (Å²) >= 11 is 5.84. The van der Waals surface area contributed by atoms with Gasteiger partial charge in [-0.05, 0) is 23.6 Å². The van der Waals surface area contributed by atoms with Crippen LogP contribution in [0, 0.1) is 0 Å². The van der Waals surface area contributed by atoms with Crippen LogP contribution in [0.5, 0.6) is 0 Å². The van der Waals surface area contributed by atoms with Gasteiger partial charge in [-0.15, -0.1) is 0 Å². The van der Waals surface area contributed by atoms with E-state index in [9.17, 15) is 0 Å². The zero-order valence-corrected chi connectivity index (χ0v) is 7.81. The van der Waals surface area contributed by atoms with Gasteiger partial charge in [-0.1, -0.05) is 30.7 Å². The van der Waals surface area contributed by atoms with Crippen LogP contribution in [0.1, 0.15) is 18.4 Å². The van der Waals surface area contributed by atoms with E-state index in [0.717, 1.165) is 11.6 Å².